The third-order valence-electron chi connectivity index (χ3n) is 0.945. The third kappa shape index (κ3) is 3.50. The fourth-order valence-electron chi connectivity index (χ4n) is 0.331. The molecule has 0 radical (unpaired) electrons. The molecule has 3 nitrogen and oxygen atoms in total. The van der Waals surface area contributed by atoms with Crippen molar-refractivity contribution in [1.82, 2.24) is 0 Å². The predicted octanol–water partition coefficient (Wildman–Crippen LogP) is 1.13. The minimum atomic E-state index is -0.938. The van der Waals surface area contributed by atoms with Crippen molar-refractivity contribution < 1.29 is 14.7 Å². The summed E-state index contributed by atoms with van der Waals surface area (Å²) in [5.74, 6) is -0.938. The zero-order valence-corrected chi connectivity index (χ0v) is 6.77. The van der Waals surface area contributed by atoms with Crippen molar-refractivity contribution >= 4 is 22.8 Å². The summed E-state index contributed by atoms with van der Waals surface area (Å²) < 4.78 is 0. The first-order valence-electron chi connectivity index (χ1n) is 3.00. The van der Waals surface area contributed by atoms with Crippen molar-refractivity contribution in [2.45, 2.75) is 25.5 Å². The van der Waals surface area contributed by atoms with Gasteiger partial charge in [-0.25, -0.2) is 0 Å². The largest absolute Gasteiger partial charge is 0.480 e. The predicted molar refractivity (Wildman–Crippen MR) is 40.0 cm³/mol. The van der Waals surface area contributed by atoms with Gasteiger partial charge in [-0.05, 0) is 6.92 Å². The van der Waals surface area contributed by atoms with Crippen LogP contribution in [0.1, 0.15) is 20.3 Å². The van der Waals surface area contributed by atoms with E-state index in [0.717, 1.165) is 11.8 Å². The Labute approximate surface area is 63.8 Å². The molecule has 0 aromatic rings. The normalized spacial score (nSPS) is 12.6. The fourth-order valence-corrected chi connectivity index (χ4v) is 0.993. The van der Waals surface area contributed by atoms with Gasteiger partial charge in [-0.15, -0.1) is 0 Å². The van der Waals surface area contributed by atoms with Crippen LogP contribution in [0.25, 0.3) is 0 Å². The third-order valence-corrected chi connectivity index (χ3v) is 2.05. The number of carboxylic acids is 1. The van der Waals surface area contributed by atoms with Crippen LogP contribution in [0, 0.1) is 0 Å². The molecule has 4 heteroatoms. The number of carbonyl (C=O) groups excluding carboxylic acids is 1. The topological polar surface area (TPSA) is 54.4 Å². The number of hydrogen-bond acceptors (Lipinski definition) is 3. The first kappa shape index (κ1) is 9.49. The van der Waals surface area contributed by atoms with Crippen LogP contribution in [0.3, 0.4) is 0 Å². The fraction of sp³-hybridized carbons (Fsp3) is 0.667. The summed E-state index contributed by atoms with van der Waals surface area (Å²) in [5.41, 5.74) is 0. The summed E-state index contributed by atoms with van der Waals surface area (Å²) in [6.45, 7) is 3.21. The van der Waals surface area contributed by atoms with E-state index in [2.05, 4.69) is 0 Å². The number of rotatable bonds is 3. The summed E-state index contributed by atoms with van der Waals surface area (Å²) in [6, 6.07) is 0. The van der Waals surface area contributed by atoms with E-state index in [1.807, 2.05) is 0 Å². The zero-order valence-electron chi connectivity index (χ0n) is 5.96. The van der Waals surface area contributed by atoms with Gasteiger partial charge in [-0.2, -0.15) is 0 Å². The zero-order chi connectivity index (χ0) is 8.15. The van der Waals surface area contributed by atoms with Crippen LogP contribution in [0.15, 0.2) is 0 Å². The number of thioether (sulfide) groups is 1. The molecule has 0 saturated heterocycles. The Bertz CT molecular complexity index is 144. The van der Waals surface area contributed by atoms with Crippen molar-refractivity contribution in [3.8, 4) is 0 Å². The van der Waals surface area contributed by atoms with Crippen LogP contribution < -0.4 is 0 Å². The van der Waals surface area contributed by atoms with Crippen molar-refractivity contribution in [3.05, 3.63) is 0 Å². The van der Waals surface area contributed by atoms with Gasteiger partial charge in [-0.3, -0.25) is 9.59 Å². The second-order valence-electron chi connectivity index (χ2n) is 1.82. The van der Waals surface area contributed by atoms with Crippen LogP contribution in [0.2, 0.25) is 0 Å². The summed E-state index contributed by atoms with van der Waals surface area (Å²) >= 11 is 0.869. The second kappa shape index (κ2) is 4.33. The van der Waals surface area contributed by atoms with Crippen molar-refractivity contribution in [2.24, 2.45) is 0 Å². The summed E-state index contributed by atoms with van der Waals surface area (Å²) in [7, 11) is 0. The van der Waals surface area contributed by atoms with Gasteiger partial charge in [0.25, 0.3) is 0 Å². The highest BCUT2D eigenvalue weighted by atomic mass is 32.2. The van der Waals surface area contributed by atoms with E-state index in [9.17, 15) is 9.59 Å². The van der Waals surface area contributed by atoms with Gasteiger partial charge in [-0.1, -0.05) is 18.7 Å². The molecule has 0 aliphatic rings. The van der Waals surface area contributed by atoms with Gasteiger partial charge in [0.15, 0.2) is 5.12 Å². The number of carboxylic acid groups (broad SMARTS) is 1. The maximum Gasteiger partial charge on any atom is 0.316 e. The lowest BCUT2D eigenvalue weighted by Crippen LogP contribution is -2.13. The van der Waals surface area contributed by atoms with Gasteiger partial charge in [0, 0.05) is 6.42 Å². The lowest BCUT2D eigenvalue weighted by Gasteiger charge is -2.01. The smallest absolute Gasteiger partial charge is 0.316 e. The van der Waals surface area contributed by atoms with Crippen molar-refractivity contribution in [3.63, 3.8) is 0 Å². The van der Waals surface area contributed by atoms with E-state index in [0.29, 0.717) is 6.42 Å². The van der Waals surface area contributed by atoms with Gasteiger partial charge in [0.2, 0.25) is 0 Å². The van der Waals surface area contributed by atoms with E-state index < -0.39 is 11.2 Å². The molecule has 0 aromatic heterocycles. The average molecular weight is 162 g/mol. The lowest BCUT2D eigenvalue weighted by molar-refractivity contribution is -0.136. The Balaban J connectivity index is 3.68. The molecular formula is C6H10O3S. The first-order valence-corrected chi connectivity index (χ1v) is 3.88. The molecule has 0 aliphatic heterocycles. The van der Waals surface area contributed by atoms with Gasteiger partial charge < -0.3 is 5.11 Å². The Kier molecular flexibility index (Phi) is 4.11. The quantitative estimate of drug-likeness (QED) is 0.675. The highest BCUT2D eigenvalue weighted by Gasteiger charge is 2.14. The molecule has 0 aliphatic carbocycles. The molecule has 0 fully saturated rings. The Hall–Kier alpha value is -0.510. The molecule has 0 unspecified atom stereocenters. The lowest BCUT2D eigenvalue weighted by atomic mass is 10.5. The molecule has 0 bridgehead atoms. The molecule has 1 N–H and O–H groups in total. The molecule has 0 amide bonds. The van der Waals surface area contributed by atoms with Crippen LogP contribution in [-0.2, 0) is 9.59 Å². The average Bonchev–Trinajstić information content (AvgIpc) is 1.87. The standard InChI is InChI=1S/C6H10O3S/c1-3-5(7)10-4(2)6(8)9/h4H,3H2,1-2H3,(H,8,9)/t4-/m1/s1. The maximum atomic E-state index is 10.6. The van der Waals surface area contributed by atoms with E-state index in [4.69, 9.17) is 5.11 Å². The number of aliphatic carboxylic acids is 1. The minimum Gasteiger partial charge on any atom is -0.480 e. The molecular weight excluding hydrogens is 152 g/mol. The molecule has 0 saturated carbocycles. The monoisotopic (exact) mass is 162 g/mol. The van der Waals surface area contributed by atoms with Gasteiger partial charge in [0.1, 0.15) is 5.25 Å². The van der Waals surface area contributed by atoms with E-state index in [1.165, 1.54) is 6.92 Å². The molecule has 10 heavy (non-hydrogen) atoms. The maximum absolute atomic E-state index is 10.6. The Morgan fingerprint density at radius 1 is 1.60 bits per heavy atom. The Morgan fingerprint density at radius 3 is 2.40 bits per heavy atom. The second-order valence-corrected chi connectivity index (χ2v) is 3.22. The van der Waals surface area contributed by atoms with Crippen LogP contribution in [0.5, 0.6) is 0 Å². The van der Waals surface area contributed by atoms with Crippen LogP contribution >= 0.6 is 11.8 Å². The summed E-state index contributed by atoms with van der Waals surface area (Å²) in [4.78, 5) is 20.8. The van der Waals surface area contributed by atoms with E-state index >= 15 is 0 Å². The van der Waals surface area contributed by atoms with E-state index in [-0.39, 0.29) is 5.12 Å². The van der Waals surface area contributed by atoms with Crippen molar-refractivity contribution in [2.75, 3.05) is 0 Å². The summed E-state index contributed by atoms with van der Waals surface area (Å²) in [5, 5.41) is 7.66. The molecule has 0 spiro atoms. The van der Waals surface area contributed by atoms with E-state index in [1.54, 1.807) is 6.92 Å². The molecule has 1 atom stereocenters. The highest BCUT2D eigenvalue weighted by Crippen LogP contribution is 2.12. The molecule has 0 heterocycles. The highest BCUT2D eigenvalue weighted by molar-refractivity contribution is 8.14. The first-order chi connectivity index (χ1) is 4.57. The SMILES string of the molecule is CCC(=O)S[C@H](C)C(=O)O. The van der Waals surface area contributed by atoms with Gasteiger partial charge in [0.05, 0.1) is 0 Å². The van der Waals surface area contributed by atoms with Gasteiger partial charge >= 0.3 is 5.97 Å². The molecule has 0 rings (SSSR count). The Morgan fingerprint density at radius 2 is 2.10 bits per heavy atom. The van der Waals surface area contributed by atoms with Crippen molar-refractivity contribution in [1.29, 1.82) is 0 Å². The minimum absolute atomic E-state index is 0.0742. The number of hydrogen-bond donors (Lipinski definition) is 1. The molecule has 58 valence electrons. The van der Waals surface area contributed by atoms with Crippen LogP contribution in [-0.4, -0.2) is 21.4 Å². The number of carbonyl (C=O) groups is 2. The van der Waals surface area contributed by atoms with Crippen LogP contribution in [0.4, 0.5) is 0 Å². The molecule has 0 aromatic carbocycles. The summed E-state index contributed by atoms with van der Waals surface area (Å²) in [6.07, 6.45) is 0.391.